The monoisotopic (exact) mass is 202 g/mol. The summed E-state index contributed by atoms with van der Waals surface area (Å²) in [5.41, 5.74) is 2.01. The van der Waals surface area contributed by atoms with Gasteiger partial charge in [-0.2, -0.15) is 0 Å². The standard InChI is InChI=1S/C12H14N2O/c15-11-8-12(6-3-7-12)14-10-5-2-1-4-9(10)13-11/h1-2,4-5,14H,3,6-8H2,(H,13,15). The quantitative estimate of drug-likeness (QED) is 0.678. The fraction of sp³-hybridized carbons (Fsp3) is 0.417. The third-order valence-corrected chi connectivity index (χ3v) is 3.41. The van der Waals surface area contributed by atoms with Crippen LogP contribution in [0.5, 0.6) is 0 Å². The molecule has 1 fully saturated rings. The molecule has 78 valence electrons. The molecule has 1 spiro atoms. The molecule has 1 heterocycles. The SMILES string of the molecule is O=C1CC2(CCC2)Nc2ccccc2N1. The molecule has 2 aliphatic rings. The zero-order valence-corrected chi connectivity index (χ0v) is 8.55. The van der Waals surface area contributed by atoms with E-state index in [1.54, 1.807) is 0 Å². The van der Waals surface area contributed by atoms with E-state index in [1.165, 1.54) is 6.42 Å². The summed E-state index contributed by atoms with van der Waals surface area (Å²) in [7, 11) is 0. The van der Waals surface area contributed by atoms with E-state index < -0.39 is 0 Å². The van der Waals surface area contributed by atoms with Crippen LogP contribution in [0.25, 0.3) is 0 Å². The molecular formula is C12H14N2O. The number of hydrogen-bond donors (Lipinski definition) is 2. The first-order valence-corrected chi connectivity index (χ1v) is 5.45. The Morgan fingerprint density at radius 1 is 1.13 bits per heavy atom. The van der Waals surface area contributed by atoms with E-state index in [1.807, 2.05) is 24.3 Å². The van der Waals surface area contributed by atoms with E-state index in [0.29, 0.717) is 6.42 Å². The van der Waals surface area contributed by atoms with Crippen LogP contribution in [-0.2, 0) is 4.79 Å². The second-order valence-electron chi connectivity index (χ2n) is 4.53. The molecule has 0 saturated heterocycles. The van der Waals surface area contributed by atoms with E-state index in [9.17, 15) is 4.79 Å². The number of amides is 1. The van der Waals surface area contributed by atoms with Crippen molar-refractivity contribution in [1.82, 2.24) is 0 Å². The van der Waals surface area contributed by atoms with E-state index in [2.05, 4.69) is 10.6 Å². The van der Waals surface area contributed by atoms with Crippen molar-refractivity contribution in [3.8, 4) is 0 Å². The minimum atomic E-state index is 0.0384. The summed E-state index contributed by atoms with van der Waals surface area (Å²) in [6.45, 7) is 0. The molecule has 1 aliphatic carbocycles. The van der Waals surface area contributed by atoms with Gasteiger partial charge in [-0.1, -0.05) is 12.1 Å². The van der Waals surface area contributed by atoms with Crippen LogP contribution in [0.1, 0.15) is 25.7 Å². The average Bonchev–Trinajstić information content (AvgIpc) is 2.32. The Morgan fingerprint density at radius 2 is 1.87 bits per heavy atom. The van der Waals surface area contributed by atoms with Crippen molar-refractivity contribution in [2.24, 2.45) is 0 Å². The summed E-state index contributed by atoms with van der Waals surface area (Å²) in [5, 5.41) is 6.46. The molecule has 3 rings (SSSR count). The number of nitrogens with one attached hydrogen (secondary N) is 2. The average molecular weight is 202 g/mol. The third-order valence-electron chi connectivity index (χ3n) is 3.41. The summed E-state index contributed by atoms with van der Waals surface area (Å²) in [4.78, 5) is 11.7. The van der Waals surface area contributed by atoms with Crippen LogP contribution in [0.4, 0.5) is 11.4 Å². The summed E-state index contributed by atoms with van der Waals surface area (Å²) in [6.07, 6.45) is 4.04. The van der Waals surface area contributed by atoms with Crippen molar-refractivity contribution in [3.05, 3.63) is 24.3 Å². The molecule has 0 radical (unpaired) electrons. The lowest BCUT2D eigenvalue weighted by atomic mass is 9.74. The Morgan fingerprint density at radius 3 is 2.53 bits per heavy atom. The van der Waals surface area contributed by atoms with Gasteiger partial charge in [-0.05, 0) is 31.4 Å². The molecule has 3 nitrogen and oxygen atoms in total. The number of carbonyl (C=O) groups excluding carboxylic acids is 1. The molecule has 1 amide bonds. The Hall–Kier alpha value is -1.51. The third kappa shape index (κ3) is 1.39. The molecular weight excluding hydrogens is 188 g/mol. The fourth-order valence-electron chi connectivity index (χ4n) is 2.44. The minimum Gasteiger partial charge on any atom is -0.377 e. The number of carbonyl (C=O) groups is 1. The van der Waals surface area contributed by atoms with Crippen LogP contribution in [0.15, 0.2) is 24.3 Å². The summed E-state index contributed by atoms with van der Waals surface area (Å²) < 4.78 is 0. The van der Waals surface area contributed by atoms with Gasteiger partial charge >= 0.3 is 0 Å². The highest BCUT2D eigenvalue weighted by molar-refractivity contribution is 5.97. The number of fused-ring (bicyclic) bond motifs is 1. The van der Waals surface area contributed by atoms with Crippen molar-refractivity contribution in [2.75, 3.05) is 10.6 Å². The molecule has 1 aromatic rings. The Labute approximate surface area is 88.9 Å². The highest BCUT2D eigenvalue weighted by Crippen LogP contribution is 2.41. The summed E-state index contributed by atoms with van der Waals surface area (Å²) in [5.74, 6) is 0.132. The zero-order chi connectivity index (χ0) is 10.3. The number of anilines is 2. The van der Waals surface area contributed by atoms with Crippen LogP contribution in [0, 0.1) is 0 Å². The van der Waals surface area contributed by atoms with Crippen molar-refractivity contribution in [3.63, 3.8) is 0 Å². The fourth-order valence-corrected chi connectivity index (χ4v) is 2.44. The number of rotatable bonds is 0. The normalized spacial score (nSPS) is 22.0. The number of para-hydroxylation sites is 2. The van der Waals surface area contributed by atoms with E-state index >= 15 is 0 Å². The van der Waals surface area contributed by atoms with Gasteiger partial charge in [0.2, 0.25) is 5.91 Å². The van der Waals surface area contributed by atoms with Gasteiger partial charge in [0.1, 0.15) is 0 Å². The highest BCUT2D eigenvalue weighted by atomic mass is 16.1. The largest absolute Gasteiger partial charge is 0.377 e. The van der Waals surface area contributed by atoms with Crippen molar-refractivity contribution >= 4 is 17.3 Å². The van der Waals surface area contributed by atoms with E-state index in [4.69, 9.17) is 0 Å². The van der Waals surface area contributed by atoms with Gasteiger partial charge in [0.25, 0.3) is 0 Å². The van der Waals surface area contributed by atoms with Gasteiger partial charge in [-0.3, -0.25) is 4.79 Å². The van der Waals surface area contributed by atoms with Crippen molar-refractivity contribution < 1.29 is 4.79 Å². The number of hydrogen-bond acceptors (Lipinski definition) is 2. The predicted molar refractivity (Wildman–Crippen MR) is 59.9 cm³/mol. The molecule has 0 atom stereocenters. The Balaban J connectivity index is 2.01. The molecule has 0 bridgehead atoms. The lowest BCUT2D eigenvalue weighted by Crippen LogP contribution is -2.46. The van der Waals surface area contributed by atoms with Gasteiger partial charge in [0.15, 0.2) is 0 Å². The number of benzene rings is 1. The van der Waals surface area contributed by atoms with Crippen LogP contribution in [0.2, 0.25) is 0 Å². The van der Waals surface area contributed by atoms with Gasteiger partial charge in [-0.15, -0.1) is 0 Å². The lowest BCUT2D eigenvalue weighted by molar-refractivity contribution is -0.117. The first-order chi connectivity index (χ1) is 7.27. The molecule has 2 N–H and O–H groups in total. The van der Waals surface area contributed by atoms with Crippen LogP contribution >= 0.6 is 0 Å². The second-order valence-corrected chi connectivity index (χ2v) is 4.53. The predicted octanol–water partition coefficient (Wildman–Crippen LogP) is 2.36. The second kappa shape index (κ2) is 2.99. The molecule has 1 aliphatic heterocycles. The molecule has 15 heavy (non-hydrogen) atoms. The maximum Gasteiger partial charge on any atom is 0.226 e. The smallest absolute Gasteiger partial charge is 0.226 e. The first kappa shape index (κ1) is 8.77. The molecule has 3 heteroatoms. The van der Waals surface area contributed by atoms with Gasteiger partial charge in [-0.25, -0.2) is 0 Å². The maximum absolute atomic E-state index is 11.7. The van der Waals surface area contributed by atoms with Gasteiger partial charge in [0.05, 0.1) is 11.4 Å². The molecule has 0 unspecified atom stereocenters. The topological polar surface area (TPSA) is 41.1 Å². The Kier molecular flexibility index (Phi) is 1.75. The van der Waals surface area contributed by atoms with Gasteiger partial charge < -0.3 is 10.6 Å². The van der Waals surface area contributed by atoms with Crippen LogP contribution in [0.3, 0.4) is 0 Å². The van der Waals surface area contributed by atoms with E-state index in [0.717, 1.165) is 24.2 Å². The molecule has 0 aromatic heterocycles. The minimum absolute atomic E-state index is 0.0384. The molecule has 1 saturated carbocycles. The van der Waals surface area contributed by atoms with Crippen molar-refractivity contribution in [1.29, 1.82) is 0 Å². The van der Waals surface area contributed by atoms with Crippen LogP contribution in [-0.4, -0.2) is 11.4 Å². The van der Waals surface area contributed by atoms with Crippen LogP contribution < -0.4 is 10.6 Å². The highest BCUT2D eigenvalue weighted by Gasteiger charge is 2.40. The van der Waals surface area contributed by atoms with Crippen molar-refractivity contribution in [2.45, 2.75) is 31.2 Å². The summed E-state index contributed by atoms with van der Waals surface area (Å²) >= 11 is 0. The maximum atomic E-state index is 11.7. The first-order valence-electron chi connectivity index (χ1n) is 5.45. The van der Waals surface area contributed by atoms with E-state index in [-0.39, 0.29) is 11.4 Å². The zero-order valence-electron chi connectivity index (χ0n) is 8.55. The summed E-state index contributed by atoms with van der Waals surface area (Å²) in [6, 6.07) is 7.91. The Bertz CT molecular complexity index is 410. The molecule has 1 aromatic carbocycles. The van der Waals surface area contributed by atoms with Gasteiger partial charge in [0, 0.05) is 12.0 Å². The lowest BCUT2D eigenvalue weighted by Gasteiger charge is -2.41.